The van der Waals surface area contributed by atoms with E-state index in [0.29, 0.717) is 26.6 Å². The molecule has 6 aliphatic rings. The summed E-state index contributed by atoms with van der Waals surface area (Å²) in [6.45, 7) is 12.3. The van der Waals surface area contributed by atoms with Crippen molar-refractivity contribution in [3.63, 3.8) is 0 Å². The SMILES string of the molecule is Clc1cccc2ncnc(Cl)c12.Clc1cccc2ncnc(N3CCCCC3c3cc4nc(N5CCC5)cc(N5CCOCC5)n4n3)c12.PPP(P)P(P(P(P)P)P(P)P)P(P(P(P)P)P(P)P)P(P(P(P)P)P(P)P)P(P(P)P)P(P)P.c1c(N2CCC2)nc2cc(C3CCCCN3)nn2c1N1CCOCC1. The van der Waals surface area contributed by atoms with Gasteiger partial charge in [0.15, 0.2) is 11.3 Å². The van der Waals surface area contributed by atoms with Crippen LogP contribution in [0.3, 0.4) is 0 Å². The van der Waals surface area contributed by atoms with Crippen molar-refractivity contribution in [1.82, 2.24) is 54.4 Å². The number of aromatic nitrogens is 10. The number of halogens is 3. The molecular formula is C52H96Cl3N16O2P35. The number of nitrogens with zero attached hydrogens (tertiary/aromatic N) is 15. The van der Waals surface area contributed by atoms with Crippen LogP contribution in [0.2, 0.25) is 15.2 Å². The number of piperidine rings is 2. The lowest BCUT2D eigenvalue weighted by Crippen LogP contribution is -2.40. The van der Waals surface area contributed by atoms with Crippen LogP contribution < -0.4 is 29.8 Å². The zero-order chi connectivity index (χ0) is 77.2. The van der Waals surface area contributed by atoms with E-state index >= 15 is 0 Å². The lowest BCUT2D eigenvalue weighted by Gasteiger charge is -2.54. The van der Waals surface area contributed by atoms with Crippen molar-refractivity contribution in [2.75, 3.05) is 116 Å². The van der Waals surface area contributed by atoms with E-state index in [0.717, 1.165) is 194 Å². The van der Waals surface area contributed by atoms with Gasteiger partial charge in [0.2, 0.25) is 0 Å². The Hall–Kier alpha value is 9.16. The summed E-state index contributed by atoms with van der Waals surface area (Å²) >= 11 is 18.4. The third-order valence-electron chi connectivity index (χ3n) is 17.7. The minimum Gasteiger partial charge on any atom is -0.378 e. The minimum atomic E-state index is -0.0908. The number of rotatable bonds is 23. The number of fused-ring (bicyclic) bond motifs is 4. The molecule has 0 amide bonds. The van der Waals surface area contributed by atoms with E-state index in [-0.39, 0.29) is 118 Å². The summed E-state index contributed by atoms with van der Waals surface area (Å²) in [5.41, 5.74) is 5.64. The molecule has 14 rings (SSSR count). The second-order valence-corrected chi connectivity index (χ2v) is 166. The van der Waals surface area contributed by atoms with Crippen LogP contribution in [0.25, 0.3) is 33.1 Å². The molecule has 0 spiro atoms. The van der Waals surface area contributed by atoms with Gasteiger partial charge in [0, 0.05) is 83.2 Å². The first kappa shape index (κ1) is 97.8. The Bertz CT molecular complexity index is 4120. The Labute approximate surface area is 713 Å². The van der Waals surface area contributed by atoms with E-state index in [1.165, 1.54) is 32.0 Å². The van der Waals surface area contributed by atoms with Crippen molar-refractivity contribution in [3.05, 3.63) is 99.9 Å². The van der Waals surface area contributed by atoms with Crippen molar-refractivity contribution in [3.8, 4) is 0 Å². The molecule has 18 nitrogen and oxygen atoms in total. The molecule has 8 aromatic rings. The molecule has 24 atom stereocenters. The first-order valence-electron chi connectivity index (χ1n) is 33.7. The molecule has 6 aromatic heterocycles. The average Bonchev–Trinajstić information content (AvgIpc) is 1.36. The van der Waals surface area contributed by atoms with Crippen LogP contribution in [0.15, 0.2) is 73.3 Å². The third kappa shape index (κ3) is 25.6. The van der Waals surface area contributed by atoms with Crippen molar-refractivity contribution < 1.29 is 9.47 Å². The van der Waals surface area contributed by atoms with Crippen LogP contribution in [-0.2, 0) is 9.47 Å². The Morgan fingerprint density at radius 1 is 0.435 bits per heavy atom. The van der Waals surface area contributed by atoms with Gasteiger partial charge in [-0.05, 0) is 188 Å². The summed E-state index contributed by atoms with van der Waals surface area (Å²) in [7, 11) is 61.2. The van der Waals surface area contributed by atoms with Gasteiger partial charge in [0.1, 0.15) is 46.9 Å². The summed E-state index contributed by atoms with van der Waals surface area (Å²) < 4.78 is 15.2. The van der Waals surface area contributed by atoms with E-state index in [1.54, 1.807) is 12.4 Å². The highest BCUT2D eigenvalue weighted by Crippen LogP contribution is 3.40. The largest absolute Gasteiger partial charge is 0.378 e. The predicted molar refractivity (Wildman–Crippen MR) is 582 cm³/mol. The standard InChI is InChI=1S/C26H29ClN8O.C18H26N6O.C8H4Cl2N2.H37P35/c27-18-5-3-6-19-25(18)26(29-17-28-19)34-10-2-1-7-21(34)20-15-23-30-22(32-8-4-9-32)16-24(35(23)31-20)33-11-13-36-14-12-33;1-2-5-19-14(4-1)15-12-17-20-16(22-6-3-7-22)13-18(24(17)21-15)23-8-10-25-11-9-23;9-5-2-1-3-6-7(5)8(10)12-4-11-6;1-19-28(18)33(29(20(2)3)21(4)5)35(32(26(14)15)27(16)17)34(30(22(6)7)23(8)9)31(24(10)11)25(12)13/h3,5-6,15-17,21H,1-2,4,7-14H2;12-14,19H,1-11H2;1-4H;19H,1-18H2. The molecule has 1 N–H and O–H groups in total. The van der Waals surface area contributed by atoms with Gasteiger partial charge < -0.3 is 39.3 Å². The maximum atomic E-state index is 6.66. The number of anilines is 5. The Morgan fingerprint density at radius 2 is 0.870 bits per heavy atom. The predicted octanol–water partition coefficient (Wildman–Crippen LogP) is 28.9. The number of hydrogen-bond donors (Lipinski definition) is 1. The highest BCUT2D eigenvalue weighted by atomic mass is 35.5. The van der Waals surface area contributed by atoms with Gasteiger partial charge >= 0.3 is 0 Å². The number of hydrogen-bond acceptors (Lipinski definition) is 16. The Morgan fingerprint density at radius 3 is 1.31 bits per heavy atom. The number of benzene rings is 2. The fourth-order valence-corrected chi connectivity index (χ4v) is 483. The quantitative estimate of drug-likeness (QED) is 0.0476. The molecule has 12 heterocycles. The van der Waals surface area contributed by atoms with Crippen molar-refractivity contribution in [2.24, 2.45) is 0 Å². The monoisotopic (exact) mass is 2170 g/mol. The van der Waals surface area contributed by atoms with Crippen LogP contribution in [0.1, 0.15) is 74.8 Å². The molecule has 0 bridgehead atoms. The molecule has 592 valence electrons. The minimum absolute atomic E-state index is 0.000784. The van der Waals surface area contributed by atoms with E-state index in [1.807, 2.05) is 39.4 Å². The maximum Gasteiger partial charge on any atom is 0.160 e. The molecule has 2 aromatic carbocycles. The van der Waals surface area contributed by atoms with E-state index in [9.17, 15) is 0 Å². The van der Waals surface area contributed by atoms with Gasteiger partial charge in [-0.15, -0.1) is 161 Å². The fourth-order valence-electron chi connectivity index (χ4n) is 12.5. The van der Waals surface area contributed by atoms with Gasteiger partial charge in [-0.25, -0.2) is 29.9 Å². The molecule has 56 heteroatoms. The average molecular weight is 2170 g/mol. The zero-order valence-electron chi connectivity index (χ0n) is 58.8. The molecule has 24 unspecified atom stereocenters. The number of ether oxygens (including phenoxy) is 2. The van der Waals surface area contributed by atoms with Crippen LogP contribution in [0.5, 0.6) is 0 Å². The molecule has 0 aliphatic carbocycles. The van der Waals surface area contributed by atoms with Crippen molar-refractivity contribution in [1.29, 1.82) is 0 Å². The van der Waals surface area contributed by atoms with Crippen molar-refractivity contribution >= 4 is 377 Å². The van der Waals surface area contributed by atoms with Crippen molar-refractivity contribution in [2.45, 2.75) is 63.5 Å². The Balaban J connectivity index is 0.000000151. The van der Waals surface area contributed by atoms with E-state index in [2.05, 4.69) is 230 Å². The second kappa shape index (κ2) is 48.5. The van der Waals surface area contributed by atoms with Gasteiger partial charge in [-0.2, -0.15) is 19.2 Å². The van der Waals surface area contributed by atoms with Gasteiger partial charge in [0.05, 0.1) is 81.8 Å². The molecular weight excluding hydrogens is 2070 g/mol. The molecule has 6 saturated heterocycles. The molecule has 0 saturated carbocycles. The topological polar surface area (TPSA) is 159 Å². The molecule has 0 radical (unpaired) electrons. The van der Waals surface area contributed by atoms with Crippen LogP contribution >= 0.6 is 315 Å². The third-order valence-corrected chi connectivity index (χ3v) is 254. The van der Waals surface area contributed by atoms with E-state index < -0.39 is 0 Å². The summed E-state index contributed by atoms with van der Waals surface area (Å²) in [6.07, 6.45) is 12.5. The Kier molecular flexibility index (Phi) is 43.9. The summed E-state index contributed by atoms with van der Waals surface area (Å²) in [5, 5.41) is 17.0. The maximum absolute atomic E-state index is 6.66. The first-order valence-corrected chi connectivity index (χ1v) is 98.1. The highest BCUT2D eigenvalue weighted by Gasteiger charge is 2.53. The van der Waals surface area contributed by atoms with Crippen LogP contribution in [0.4, 0.5) is 29.1 Å². The summed E-state index contributed by atoms with van der Waals surface area (Å²) in [5.74, 6) is 5.25. The molecule has 6 aliphatic heterocycles. The van der Waals surface area contributed by atoms with E-state index in [4.69, 9.17) is 69.4 Å². The normalized spacial score (nSPS) is 19.3. The number of morpholine rings is 2. The lowest BCUT2D eigenvalue weighted by molar-refractivity contribution is 0.122. The second-order valence-electron chi connectivity index (χ2n) is 24.7. The van der Waals surface area contributed by atoms with Crippen LogP contribution in [-0.4, -0.2) is 141 Å². The summed E-state index contributed by atoms with van der Waals surface area (Å²) in [4.78, 5) is 38.8. The lowest BCUT2D eigenvalue weighted by atomic mass is 9.99. The fraction of sp³-hybridized carbons (Fsp3) is 0.462. The molecule has 108 heavy (non-hydrogen) atoms. The van der Waals surface area contributed by atoms with Gasteiger partial charge in [-0.3, -0.25) is 0 Å². The highest BCUT2D eigenvalue weighted by molar-refractivity contribution is 9.46. The van der Waals surface area contributed by atoms with Crippen LogP contribution in [0, 0.1) is 0 Å². The summed E-state index contributed by atoms with van der Waals surface area (Å²) in [6, 6.07) is 20.5. The number of nitrogens with one attached hydrogen (secondary N) is 1. The van der Waals surface area contributed by atoms with Gasteiger partial charge in [0.25, 0.3) is 0 Å². The first-order chi connectivity index (χ1) is 51.9. The zero-order valence-corrected chi connectivity index (χ0v) is 97.2. The smallest absolute Gasteiger partial charge is 0.160 e. The van der Waals surface area contributed by atoms with Gasteiger partial charge in [-0.1, -0.05) is 61.3 Å². The molecule has 6 fully saturated rings.